The molecule has 0 saturated carbocycles. The third-order valence-electron chi connectivity index (χ3n) is 3.46. The van der Waals surface area contributed by atoms with Crippen LogP contribution in [0.15, 0.2) is 12.1 Å². The van der Waals surface area contributed by atoms with Gasteiger partial charge in [0.15, 0.2) is 0 Å². The molecule has 0 radical (unpaired) electrons. The number of carbonyl (C=O) groups excluding carboxylic acids is 1. The summed E-state index contributed by atoms with van der Waals surface area (Å²) >= 11 is 11.8. The molecule has 20 heavy (non-hydrogen) atoms. The molecule has 1 saturated heterocycles. The number of carbonyl (C=O) groups is 2. The molecule has 0 aromatic heterocycles. The van der Waals surface area contributed by atoms with Gasteiger partial charge in [0, 0.05) is 18.7 Å². The lowest BCUT2D eigenvalue weighted by atomic mass is 9.96. The number of piperidine rings is 1. The summed E-state index contributed by atoms with van der Waals surface area (Å²) in [5.41, 5.74) is 6.24. The Morgan fingerprint density at radius 2 is 1.70 bits per heavy atom. The first-order valence-corrected chi connectivity index (χ1v) is 6.92. The SMILES string of the molecule is Nc1c(Cl)cc(C(=O)N2CCC(C(=O)O)CC2)cc1Cl. The Labute approximate surface area is 126 Å². The maximum Gasteiger partial charge on any atom is 0.306 e. The molecule has 1 aliphatic heterocycles. The van der Waals surface area contributed by atoms with Crippen LogP contribution >= 0.6 is 23.2 Å². The van der Waals surface area contributed by atoms with Crippen LogP contribution in [0.2, 0.25) is 10.0 Å². The van der Waals surface area contributed by atoms with Crippen LogP contribution in [-0.4, -0.2) is 35.0 Å². The first kappa shape index (κ1) is 14.9. The van der Waals surface area contributed by atoms with E-state index in [1.807, 2.05) is 0 Å². The Bertz CT molecular complexity index is 532. The van der Waals surface area contributed by atoms with E-state index in [1.165, 1.54) is 12.1 Å². The first-order chi connectivity index (χ1) is 9.40. The Morgan fingerprint density at radius 3 is 2.15 bits per heavy atom. The van der Waals surface area contributed by atoms with Crippen LogP contribution in [0.3, 0.4) is 0 Å². The van der Waals surface area contributed by atoms with Crippen molar-refractivity contribution in [3.63, 3.8) is 0 Å². The van der Waals surface area contributed by atoms with E-state index in [9.17, 15) is 9.59 Å². The minimum absolute atomic E-state index is 0.211. The number of hydrogen-bond donors (Lipinski definition) is 2. The number of halogens is 2. The van der Waals surface area contributed by atoms with Crippen LogP contribution < -0.4 is 5.73 Å². The highest BCUT2D eigenvalue weighted by molar-refractivity contribution is 6.39. The molecule has 3 N–H and O–H groups in total. The van der Waals surface area contributed by atoms with Crippen molar-refractivity contribution in [3.05, 3.63) is 27.7 Å². The summed E-state index contributed by atoms with van der Waals surface area (Å²) in [6, 6.07) is 2.96. The maximum absolute atomic E-state index is 12.3. The Balaban J connectivity index is 2.11. The average molecular weight is 317 g/mol. The number of amides is 1. The summed E-state index contributed by atoms with van der Waals surface area (Å²) in [5, 5.41) is 9.41. The van der Waals surface area contributed by atoms with Gasteiger partial charge in [0.05, 0.1) is 21.7 Å². The second-order valence-electron chi connectivity index (χ2n) is 4.76. The molecule has 108 valence electrons. The third kappa shape index (κ3) is 2.99. The molecule has 1 fully saturated rings. The number of carboxylic acid groups (broad SMARTS) is 1. The molecule has 1 aromatic rings. The predicted octanol–water partition coefficient (Wildman–Crippen LogP) is 2.51. The van der Waals surface area contributed by atoms with Crippen molar-refractivity contribution in [3.8, 4) is 0 Å². The van der Waals surface area contributed by atoms with Crippen molar-refractivity contribution in [1.82, 2.24) is 4.90 Å². The van der Waals surface area contributed by atoms with Gasteiger partial charge in [-0.05, 0) is 25.0 Å². The molecule has 1 amide bonds. The van der Waals surface area contributed by atoms with Crippen LogP contribution in [0.25, 0.3) is 0 Å². The molecule has 0 unspecified atom stereocenters. The van der Waals surface area contributed by atoms with E-state index in [4.69, 9.17) is 34.0 Å². The van der Waals surface area contributed by atoms with Gasteiger partial charge in [-0.15, -0.1) is 0 Å². The van der Waals surface area contributed by atoms with Crippen molar-refractivity contribution in [2.24, 2.45) is 5.92 Å². The number of anilines is 1. The van der Waals surface area contributed by atoms with E-state index in [0.717, 1.165) is 0 Å². The van der Waals surface area contributed by atoms with Gasteiger partial charge < -0.3 is 15.7 Å². The summed E-state index contributed by atoms with van der Waals surface area (Å²) in [7, 11) is 0. The minimum Gasteiger partial charge on any atom is -0.481 e. The highest BCUT2D eigenvalue weighted by atomic mass is 35.5. The molecule has 1 aromatic carbocycles. The van der Waals surface area contributed by atoms with Crippen molar-refractivity contribution < 1.29 is 14.7 Å². The number of nitrogens with zero attached hydrogens (tertiary/aromatic N) is 1. The molecule has 0 bridgehead atoms. The zero-order valence-electron chi connectivity index (χ0n) is 10.6. The van der Waals surface area contributed by atoms with Gasteiger partial charge in [-0.25, -0.2) is 0 Å². The Kier molecular flexibility index (Phi) is 4.40. The number of carboxylic acids is 1. The number of hydrogen-bond acceptors (Lipinski definition) is 3. The van der Waals surface area contributed by atoms with Crippen LogP contribution in [0.4, 0.5) is 5.69 Å². The van der Waals surface area contributed by atoms with Gasteiger partial charge >= 0.3 is 5.97 Å². The Morgan fingerprint density at radius 1 is 1.20 bits per heavy atom. The highest BCUT2D eigenvalue weighted by Gasteiger charge is 2.27. The smallest absolute Gasteiger partial charge is 0.306 e. The molecular weight excluding hydrogens is 303 g/mol. The van der Waals surface area contributed by atoms with Gasteiger partial charge in [0.25, 0.3) is 5.91 Å². The molecule has 5 nitrogen and oxygen atoms in total. The van der Waals surface area contributed by atoms with Gasteiger partial charge in [-0.3, -0.25) is 9.59 Å². The van der Waals surface area contributed by atoms with Crippen molar-refractivity contribution in [2.45, 2.75) is 12.8 Å². The standard InChI is InChI=1S/C13H14Cl2N2O3/c14-9-5-8(6-10(15)11(9)16)12(18)17-3-1-7(2-4-17)13(19)20/h5-7H,1-4,16H2,(H,19,20). The second-order valence-corrected chi connectivity index (χ2v) is 5.57. The average Bonchev–Trinajstić information content (AvgIpc) is 2.43. The van der Waals surface area contributed by atoms with Gasteiger partial charge in [-0.1, -0.05) is 23.2 Å². The molecule has 7 heteroatoms. The lowest BCUT2D eigenvalue weighted by Gasteiger charge is -2.30. The number of aliphatic carboxylic acids is 1. The number of nitrogens with two attached hydrogens (primary N) is 1. The van der Waals surface area contributed by atoms with Crippen LogP contribution in [-0.2, 0) is 4.79 Å². The summed E-state index contributed by atoms with van der Waals surface area (Å²) in [6.07, 6.45) is 0.912. The topological polar surface area (TPSA) is 83.6 Å². The number of rotatable bonds is 2. The van der Waals surface area contributed by atoms with E-state index in [1.54, 1.807) is 4.90 Å². The van der Waals surface area contributed by atoms with Gasteiger partial charge in [0.1, 0.15) is 0 Å². The molecular formula is C13H14Cl2N2O3. The van der Waals surface area contributed by atoms with E-state index >= 15 is 0 Å². The lowest BCUT2D eigenvalue weighted by molar-refractivity contribution is -0.143. The normalized spacial score (nSPS) is 16.2. The molecule has 0 spiro atoms. The fraction of sp³-hybridized carbons (Fsp3) is 0.385. The highest BCUT2D eigenvalue weighted by Crippen LogP contribution is 2.30. The number of likely N-dealkylation sites (tertiary alicyclic amines) is 1. The van der Waals surface area contributed by atoms with Crippen LogP contribution in [0, 0.1) is 5.92 Å². The van der Waals surface area contributed by atoms with Gasteiger partial charge in [-0.2, -0.15) is 0 Å². The van der Waals surface area contributed by atoms with Crippen LogP contribution in [0.1, 0.15) is 23.2 Å². The number of nitrogen functional groups attached to an aromatic ring is 1. The Hall–Kier alpha value is -1.46. The predicted molar refractivity (Wildman–Crippen MR) is 77.1 cm³/mol. The molecule has 0 atom stereocenters. The molecule has 2 rings (SSSR count). The summed E-state index contributed by atoms with van der Waals surface area (Å²) in [5.74, 6) is -1.40. The second kappa shape index (κ2) is 5.89. The van der Waals surface area contributed by atoms with Crippen molar-refractivity contribution >= 4 is 40.8 Å². The monoisotopic (exact) mass is 316 g/mol. The summed E-state index contributed by atoms with van der Waals surface area (Å²) in [6.45, 7) is 0.824. The van der Waals surface area contributed by atoms with E-state index < -0.39 is 5.97 Å². The van der Waals surface area contributed by atoms with Gasteiger partial charge in [0.2, 0.25) is 0 Å². The molecule has 1 heterocycles. The summed E-state index contributed by atoms with van der Waals surface area (Å²) < 4.78 is 0. The summed E-state index contributed by atoms with van der Waals surface area (Å²) in [4.78, 5) is 24.8. The first-order valence-electron chi connectivity index (χ1n) is 6.16. The number of benzene rings is 1. The van der Waals surface area contributed by atoms with E-state index in [2.05, 4.69) is 0 Å². The van der Waals surface area contributed by atoms with E-state index in [0.29, 0.717) is 31.5 Å². The molecule has 1 aliphatic rings. The molecule has 0 aliphatic carbocycles. The van der Waals surface area contributed by atoms with Crippen LogP contribution in [0.5, 0.6) is 0 Å². The third-order valence-corrected chi connectivity index (χ3v) is 4.08. The lowest BCUT2D eigenvalue weighted by Crippen LogP contribution is -2.40. The zero-order valence-corrected chi connectivity index (χ0v) is 12.1. The fourth-order valence-corrected chi connectivity index (χ4v) is 2.71. The minimum atomic E-state index is -0.810. The maximum atomic E-state index is 12.3. The zero-order chi connectivity index (χ0) is 14.9. The van der Waals surface area contributed by atoms with Crippen molar-refractivity contribution in [1.29, 1.82) is 0 Å². The van der Waals surface area contributed by atoms with Crippen molar-refractivity contribution in [2.75, 3.05) is 18.8 Å². The van der Waals surface area contributed by atoms with E-state index in [-0.39, 0.29) is 27.6 Å². The fourth-order valence-electron chi connectivity index (χ4n) is 2.22. The quantitative estimate of drug-likeness (QED) is 0.821. The largest absolute Gasteiger partial charge is 0.481 e.